The Balaban J connectivity index is 2.11. The molecule has 0 saturated heterocycles. The highest BCUT2D eigenvalue weighted by atomic mass is 35.5. The molecule has 90 valence electrons. The highest BCUT2D eigenvalue weighted by Gasteiger charge is 2.07. The number of para-hydroxylation sites is 1. The molecular formula is C13H15ClN2S. The maximum absolute atomic E-state index is 5.75. The van der Waals surface area contributed by atoms with Gasteiger partial charge in [0.25, 0.3) is 0 Å². The van der Waals surface area contributed by atoms with Crippen molar-refractivity contribution in [2.45, 2.75) is 19.3 Å². The zero-order valence-electron chi connectivity index (χ0n) is 9.98. The molecule has 2 rings (SSSR count). The Hall–Kier alpha value is -1.06. The number of benzene rings is 1. The Morgan fingerprint density at radius 2 is 2.12 bits per heavy atom. The summed E-state index contributed by atoms with van der Waals surface area (Å²) in [4.78, 5) is 6.68. The summed E-state index contributed by atoms with van der Waals surface area (Å²) in [7, 11) is 2.09. The summed E-state index contributed by atoms with van der Waals surface area (Å²) in [5.41, 5.74) is 3.49. The molecule has 0 aliphatic heterocycles. The van der Waals surface area contributed by atoms with Crippen LogP contribution in [-0.4, -0.2) is 12.0 Å². The second-order valence-electron chi connectivity index (χ2n) is 4.01. The Morgan fingerprint density at radius 1 is 1.35 bits per heavy atom. The van der Waals surface area contributed by atoms with Gasteiger partial charge in [-0.1, -0.05) is 18.2 Å². The fourth-order valence-electron chi connectivity index (χ4n) is 1.76. The molecule has 2 aromatic rings. The van der Waals surface area contributed by atoms with Gasteiger partial charge in [0, 0.05) is 18.1 Å². The average molecular weight is 267 g/mol. The second-order valence-corrected chi connectivity index (χ2v) is 5.22. The Bertz CT molecular complexity index is 496. The standard InChI is InChI=1S/C13H15ClN2S/c1-10-5-3-4-6-12(10)16(2)8-13-15-11(7-14)9-17-13/h3-6,9H,7-8H2,1-2H3. The van der Waals surface area contributed by atoms with E-state index in [4.69, 9.17) is 11.6 Å². The fourth-order valence-corrected chi connectivity index (χ4v) is 2.84. The number of aryl methyl sites for hydroxylation is 1. The van der Waals surface area contributed by atoms with E-state index in [9.17, 15) is 0 Å². The predicted molar refractivity (Wildman–Crippen MR) is 75.0 cm³/mol. The van der Waals surface area contributed by atoms with Crippen molar-refractivity contribution in [3.8, 4) is 0 Å². The van der Waals surface area contributed by atoms with Gasteiger partial charge in [-0.3, -0.25) is 0 Å². The summed E-state index contributed by atoms with van der Waals surface area (Å²) in [5, 5.41) is 3.13. The number of nitrogens with zero attached hydrogens (tertiary/aromatic N) is 2. The zero-order valence-corrected chi connectivity index (χ0v) is 11.6. The van der Waals surface area contributed by atoms with Crippen molar-refractivity contribution in [1.82, 2.24) is 4.98 Å². The first-order valence-corrected chi connectivity index (χ1v) is 6.88. The molecule has 0 aliphatic carbocycles. The van der Waals surface area contributed by atoms with Crippen molar-refractivity contribution in [2.24, 2.45) is 0 Å². The molecule has 0 radical (unpaired) electrons. The van der Waals surface area contributed by atoms with Gasteiger partial charge in [-0.25, -0.2) is 4.98 Å². The van der Waals surface area contributed by atoms with E-state index >= 15 is 0 Å². The lowest BCUT2D eigenvalue weighted by Gasteiger charge is -2.19. The van der Waals surface area contributed by atoms with Crippen molar-refractivity contribution in [3.05, 3.63) is 45.9 Å². The van der Waals surface area contributed by atoms with Gasteiger partial charge >= 0.3 is 0 Å². The van der Waals surface area contributed by atoms with Crippen molar-refractivity contribution in [2.75, 3.05) is 11.9 Å². The number of hydrogen-bond donors (Lipinski definition) is 0. The second kappa shape index (κ2) is 5.52. The van der Waals surface area contributed by atoms with Crippen LogP contribution in [-0.2, 0) is 12.4 Å². The van der Waals surface area contributed by atoms with Gasteiger partial charge in [0.2, 0.25) is 0 Å². The number of rotatable bonds is 4. The summed E-state index contributed by atoms with van der Waals surface area (Å²) in [5.74, 6) is 0.491. The summed E-state index contributed by atoms with van der Waals surface area (Å²) < 4.78 is 0. The van der Waals surface area contributed by atoms with Gasteiger partial charge in [-0.15, -0.1) is 22.9 Å². The predicted octanol–water partition coefficient (Wildman–Crippen LogP) is 3.83. The minimum absolute atomic E-state index is 0.491. The first-order chi connectivity index (χ1) is 8.20. The SMILES string of the molecule is Cc1ccccc1N(C)Cc1nc(CCl)cs1. The molecule has 1 aromatic heterocycles. The minimum atomic E-state index is 0.491. The van der Waals surface area contributed by atoms with Crippen molar-refractivity contribution in [3.63, 3.8) is 0 Å². The fraction of sp³-hybridized carbons (Fsp3) is 0.308. The van der Waals surface area contributed by atoms with Crippen molar-refractivity contribution in [1.29, 1.82) is 0 Å². The Labute approximate surface area is 111 Å². The topological polar surface area (TPSA) is 16.1 Å². The number of hydrogen-bond acceptors (Lipinski definition) is 3. The lowest BCUT2D eigenvalue weighted by Crippen LogP contribution is -2.17. The van der Waals surface area contributed by atoms with Crippen molar-refractivity contribution < 1.29 is 0 Å². The quantitative estimate of drug-likeness (QED) is 0.782. The third-order valence-corrected chi connectivity index (χ3v) is 3.79. The van der Waals surface area contributed by atoms with Crippen LogP contribution < -0.4 is 4.90 Å². The van der Waals surface area contributed by atoms with Crippen molar-refractivity contribution >= 4 is 28.6 Å². The van der Waals surface area contributed by atoms with Gasteiger partial charge < -0.3 is 4.90 Å². The number of halogens is 1. The van der Waals surface area contributed by atoms with Gasteiger partial charge in [-0.05, 0) is 18.6 Å². The number of anilines is 1. The maximum atomic E-state index is 5.75. The summed E-state index contributed by atoms with van der Waals surface area (Å²) in [6.07, 6.45) is 0. The smallest absolute Gasteiger partial charge is 0.112 e. The van der Waals surface area contributed by atoms with Crippen LogP contribution in [0.25, 0.3) is 0 Å². The molecule has 0 spiro atoms. The molecule has 0 bridgehead atoms. The molecule has 0 saturated carbocycles. The summed E-state index contributed by atoms with van der Waals surface area (Å²) >= 11 is 7.42. The number of alkyl halides is 1. The van der Waals surface area contributed by atoms with Gasteiger partial charge in [0.1, 0.15) is 5.01 Å². The van der Waals surface area contributed by atoms with E-state index in [-0.39, 0.29) is 0 Å². The molecule has 1 heterocycles. The molecular weight excluding hydrogens is 252 g/mol. The van der Waals surface area contributed by atoms with E-state index in [2.05, 4.69) is 48.1 Å². The third kappa shape index (κ3) is 2.99. The highest BCUT2D eigenvalue weighted by molar-refractivity contribution is 7.09. The van der Waals surface area contributed by atoms with E-state index < -0.39 is 0 Å². The van der Waals surface area contributed by atoms with Crippen LogP contribution in [0.4, 0.5) is 5.69 Å². The lowest BCUT2D eigenvalue weighted by molar-refractivity contribution is 0.899. The van der Waals surface area contributed by atoms with E-state index in [1.54, 1.807) is 11.3 Å². The molecule has 17 heavy (non-hydrogen) atoms. The molecule has 0 N–H and O–H groups in total. The van der Waals surface area contributed by atoms with E-state index in [0.29, 0.717) is 5.88 Å². The molecule has 0 amide bonds. The molecule has 1 aromatic carbocycles. The summed E-state index contributed by atoms with van der Waals surface area (Å²) in [6.45, 7) is 2.95. The van der Waals surface area contributed by atoms with Crippen LogP contribution in [0.2, 0.25) is 0 Å². The Kier molecular flexibility index (Phi) is 4.02. The molecule has 2 nitrogen and oxygen atoms in total. The lowest BCUT2D eigenvalue weighted by atomic mass is 10.2. The van der Waals surface area contributed by atoms with Crippen LogP contribution in [0.3, 0.4) is 0 Å². The van der Waals surface area contributed by atoms with Crippen LogP contribution in [0.1, 0.15) is 16.3 Å². The minimum Gasteiger partial charge on any atom is -0.368 e. The molecule has 4 heteroatoms. The third-order valence-electron chi connectivity index (χ3n) is 2.64. The zero-order chi connectivity index (χ0) is 12.3. The largest absolute Gasteiger partial charge is 0.368 e. The molecule has 0 atom stereocenters. The maximum Gasteiger partial charge on any atom is 0.112 e. The van der Waals surface area contributed by atoms with Crippen LogP contribution >= 0.6 is 22.9 Å². The van der Waals surface area contributed by atoms with Gasteiger partial charge in [0.05, 0.1) is 18.1 Å². The summed E-state index contributed by atoms with van der Waals surface area (Å²) in [6, 6.07) is 8.37. The first kappa shape index (κ1) is 12.4. The first-order valence-electron chi connectivity index (χ1n) is 5.46. The van der Waals surface area contributed by atoms with E-state index in [0.717, 1.165) is 17.2 Å². The van der Waals surface area contributed by atoms with Gasteiger partial charge in [0.15, 0.2) is 0 Å². The molecule has 0 unspecified atom stereocenters. The van der Waals surface area contributed by atoms with Crippen LogP contribution in [0, 0.1) is 6.92 Å². The molecule has 0 aliphatic rings. The van der Waals surface area contributed by atoms with Crippen LogP contribution in [0.15, 0.2) is 29.6 Å². The highest BCUT2D eigenvalue weighted by Crippen LogP contribution is 2.21. The van der Waals surface area contributed by atoms with Crippen LogP contribution in [0.5, 0.6) is 0 Å². The normalized spacial score (nSPS) is 10.5. The van der Waals surface area contributed by atoms with Gasteiger partial charge in [-0.2, -0.15) is 0 Å². The number of aromatic nitrogens is 1. The van der Waals surface area contributed by atoms with E-state index in [1.807, 2.05) is 5.38 Å². The average Bonchev–Trinajstić information content (AvgIpc) is 2.77. The molecule has 0 fully saturated rings. The van der Waals surface area contributed by atoms with E-state index in [1.165, 1.54) is 11.3 Å². The number of thiazole rings is 1. The Morgan fingerprint density at radius 3 is 2.76 bits per heavy atom. The monoisotopic (exact) mass is 266 g/mol.